The average molecular weight is 354 g/mol. The molecule has 0 saturated carbocycles. The maximum absolute atomic E-state index is 12.4. The smallest absolute Gasteiger partial charge is 0.307 e. The molecule has 0 bridgehead atoms. The van der Waals surface area contributed by atoms with E-state index in [4.69, 9.17) is 0 Å². The number of benzene rings is 1. The molecule has 9 heteroatoms. The normalized spacial score (nSPS) is 11.9. The number of nitro groups is 1. The van der Waals surface area contributed by atoms with Gasteiger partial charge in [-0.05, 0) is 19.4 Å². The minimum Gasteiger partial charge on any atom is -0.307 e. The van der Waals surface area contributed by atoms with Crippen LogP contribution in [0, 0.1) is 17.0 Å². The summed E-state index contributed by atoms with van der Waals surface area (Å²) in [6.45, 7) is 3.78. The Kier molecular flexibility index (Phi) is 4.78. The molecule has 9 nitrogen and oxygen atoms in total. The van der Waals surface area contributed by atoms with Gasteiger partial charge in [-0.3, -0.25) is 24.3 Å². The fraction of sp³-hybridized carbons (Fsp3) is 0.235. The van der Waals surface area contributed by atoms with Crippen LogP contribution < -0.4 is 5.32 Å². The minimum atomic E-state index is -0.706. The van der Waals surface area contributed by atoms with E-state index in [0.717, 1.165) is 11.8 Å². The van der Waals surface area contributed by atoms with Crippen molar-refractivity contribution in [2.75, 3.05) is 5.32 Å². The molecule has 0 spiro atoms. The van der Waals surface area contributed by atoms with Gasteiger partial charge in [-0.15, -0.1) is 0 Å². The maximum atomic E-state index is 12.4. The van der Waals surface area contributed by atoms with Crippen molar-refractivity contribution in [3.05, 3.63) is 70.2 Å². The average Bonchev–Trinajstić information content (AvgIpc) is 3.21. The van der Waals surface area contributed by atoms with E-state index in [1.807, 2.05) is 30.3 Å². The van der Waals surface area contributed by atoms with Crippen LogP contribution in [0.3, 0.4) is 0 Å². The molecule has 1 amide bonds. The van der Waals surface area contributed by atoms with Gasteiger partial charge in [0.25, 0.3) is 0 Å². The lowest BCUT2D eigenvalue weighted by Crippen LogP contribution is -2.25. The lowest BCUT2D eigenvalue weighted by molar-refractivity contribution is -0.385. The van der Waals surface area contributed by atoms with E-state index in [1.54, 1.807) is 30.8 Å². The Morgan fingerprint density at radius 1 is 1.31 bits per heavy atom. The third kappa shape index (κ3) is 3.61. The van der Waals surface area contributed by atoms with Gasteiger partial charge in [0, 0.05) is 12.3 Å². The number of nitrogens with one attached hydrogen (secondary N) is 1. The molecule has 26 heavy (non-hydrogen) atoms. The van der Waals surface area contributed by atoms with Crippen LogP contribution in [0.15, 0.2) is 48.8 Å². The summed E-state index contributed by atoms with van der Waals surface area (Å²) in [6, 6.07) is 10.8. The van der Waals surface area contributed by atoms with Crippen molar-refractivity contribution in [3.8, 4) is 0 Å². The van der Waals surface area contributed by atoms with Crippen molar-refractivity contribution in [1.82, 2.24) is 19.6 Å². The second kappa shape index (κ2) is 7.18. The predicted molar refractivity (Wildman–Crippen MR) is 94.7 cm³/mol. The number of nitrogens with zero attached hydrogens (tertiary/aromatic N) is 5. The van der Waals surface area contributed by atoms with Gasteiger partial charge < -0.3 is 5.32 Å². The first-order chi connectivity index (χ1) is 12.5. The fourth-order valence-corrected chi connectivity index (χ4v) is 2.61. The van der Waals surface area contributed by atoms with Crippen molar-refractivity contribution in [1.29, 1.82) is 0 Å². The van der Waals surface area contributed by atoms with Gasteiger partial charge in [-0.1, -0.05) is 30.3 Å². The highest BCUT2D eigenvalue weighted by Gasteiger charge is 2.24. The molecular formula is C17H18N6O3. The number of hydrogen-bond acceptors (Lipinski definition) is 5. The van der Waals surface area contributed by atoms with Crippen molar-refractivity contribution in [2.24, 2.45) is 0 Å². The lowest BCUT2D eigenvalue weighted by atomic mass is 10.2. The summed E-state index contributed by atoms with van der Waals surface area (Å²) in [5.41, 5.74) is 1.31. The first-order valence-corrected chi connectivity index (χ1v) is 8.02. The van der Waals surface area contributed by atoms with Gasteiger partial charge in [0.05, 0.1) is 11.5 Å². The van der Waals surface area contributed by atoms with Crippen LogP contribution in [0.25, 0.3) is 0 Å². The molecule has 0 fully saturated rings. The number of amides is 1. The van der Waals surface area contributed by atoms with E-state index in [9.17, 15) is 14.9 Å². The van der Waals surface area contributed by atoms with Crippen molar-refractivity contribution < 1.29 is 9.72 Å². The largest absolute Gasteiger partial charge is 0.309 e. The molecule has 2 aromatic heterocycles. The Balaban J connectivity index is 1.67. The standard InChI is InChI=1S/C17H18N6O3/c1-12-15(23(25)26)10-18-22(12)13(2)17(24)19-16-8-9-21(20-16)11-14-6-4-3-5-7-14/h3-10,13H,11H2,1-2H3,(H,19,20,24). The number of anilines is 1. The van der Waals surface area contributed by atoms with E-state index < -0.39 is 11.0 Å². The summed E-state index contributed by atoms with van der Waals surface area (Å²) >= 11 is 0. The molecule has 3 aromatic rings. The number of hydrogen-bond donors (Lipinski definition) is 1. The van der Waals surface area contributed by atoms with Gasteiger partial charge in [0.1, 0.15) is 17.9 Å². The van der Waals surface area contributed by atoms with Gasteiger partial charge >= 0.3 is 5.69 Å². The maximum Gasteiger partial charge on any atom is 0.309 e. The summed E-state index contributed by atoms with van der Waals surface area (Å²) in [5, 5.41) is 21.9. The first-order valence-electron chi connectivity index (χ1n) is 8.02. The zero-order chi connectivity index (χ0) is 18.7. The highest BCUT2D eigenvalue weighted by molar-refractivity contribution is 5.92. The van der Waals surface area contributed by atoms with Crippen LogP contribution in [-0.4, -0.2) is 30.4 Å². The van der Waals surface area contributed by atoms with Gasteiger partial charge in [-0.2, -0.15) is 10.2 Å². The summed E-state index contributed by atoms with van der Waals surface area (Å²) in [7, 11) is 0. The Morgan fingerprint density at radius 3 is 2.69 bits per heavy atom. The SMILES string of the molecule is Cc1c([N+](=O)[O-])cnn1C(C)C(=O)Nc1ccn(Cc2ccccc2)n1. The Hall–Kier alpha value is -3.49. The second-order valence-corrected chi connectivity index (χ2v) is 5.87. The van der Waals surface area contributed by atoms with E-state index in [-0.39, 0.29) is 11.6 Å². The van der Waals surface area contributed by atoms with Crippen molar-refractivity contribution in [3.63, 3.8) is 0 Å². The van der Waals surface area contributed by atoms with Crippen LogP contribution in [0.5, 0.6) is 0 Å². The van der Waals surface area contributed by atoms with Crippen LogP contribution in [0.1, 0.15) is 24.2 Å². The molecule has 0 aliphatic heterocycles. The van der Waals surface area contributed by atoms with Crippen molar-refractivity contribution in [2.45, 2.75) is 26.4 Å². The number of rotatable bonds is 6. The molecule has 0 aliphatic rings. The van der Waals surface area contributed by atoms with Gasteiger partial charge in [0.2, 0.25) is 5.91 Å². The molecular weight excluding hydrogens is 336 g/mol. The summed E-state index contributed by atoms with van der Waals surface area (Å²) < 4.78 is 3.05. The Labute approximate surface area is 149 Å². The molecule has 0 radical (unpaired) electrons. The van der Waals surface area contributed by atoms with E-state index in [1.165, 1.54) is 4.68 Å². The predicted octanol–water partition coefficient (Wildman–Crippen LogP) is 2.54. The Bertz CT molecular complexity index is 931. The summed E-state index contributed by atoms with van der Waals surface area (Å²) in [4.78, 5) is 22.8. The first kappa shape index (κ1) is 17.3. The number of carbonyl (C=O) groups excluding carboxylic acids is 1. The zero-order valence-corrected chi connectivity index (χ0v) is 14.4. The third-order valence-electron chi connectivity index (χ3n) is 4.04. The zero-order valence-electron chi connectivity index (χ0n) is 14.4. The third-order valence-corrected chi connectivity index (χ3v) is 4.04. The van der Waals surface area contributed by atoms with Crippen LogP contribution >= 0.6 is 0 Å². The van der Waals surface area contributed by atoms with Crippen LogP contribution in [0.4, 0.5) is 11.5 Å². The van der Waals surface area contributed by atoms with Crippen LogP contribution in [0.2, 0.25) is 0 Å². The molecule has 1 N–H and O–H groups in total. The highest BCUT2D eigenvalue weighted by atomic mass is 16.6. The molecule has 1 aromatic carbocycles. The van der Waals surface area contributed by atoms with Crippen LogP contribution in [-0.2, 0) is 11.3 Å². The van der Waals surface area contributed by atoms with Crippen molar-refractivity contribution >= 4 is 17.4 Å². The molecule has 2 heterocycles. The van der Waals surface area contributed by atoms with E-state index in [0.29, 0.717) is 18.1 Å². The summed E-state index contributed by atoms with van der Waals surface area (Å²) in [6.07, 6.45) is 2.92. The molecule has 1 atom stereocenters. The summed E-state index contributed by atoms with van der Waals surface area (Å²) in [5.74, 6) is 0.0631. The lowest BCUT2D eigenvalue weighted by Gasteiger charge is -2.12. The minimum absolute atomic E-state index is 0.114. The highest BCUT2D eigenvalue weighted by Crippen LogP contribution is 2.20. The van der Waals surface area contributed by atoms with E-state index in [2.05, 4.69) is 15.5 Å². The number of carbonyl (C=O) groups is 1. The fourth-order valence-electron chi connectivity index (χ4n) is 2.61. The van der Waals surface area contributed by atoms with Gasteiger partial charge in [-0.25, -0.2) is 0 Å². The molecule has 134 valence electrons. The second-order valence-electron chi connectivity index (χ2n) is 5.87. The topological polar surface area (TPSA) is 108 Å². The Morgan fingerprint density at radius 2 is 2.04 bits per heavy atom. The number of aromatic nitrogens is 4. The van der Waals surface area contributed by atoms with Gasteiger partial charge in [0.15, 0.2) is 5.82 Å². The molecule has 0 aliphatic carbocycles. The monoisotopic (exact) mass is 354 g/mol. The van der Waals surface area contributed by atoms with E-state index >= 15 is 0 Å². The molecule has 3 rings (SSSR count). The molecule has 0 saturated heterocycles. The quantitative estimate of drug-likeness (QED) is 0.540. The molecule has 1 unspecified atom stereocenters.